The minimum absolute atomic E-state index is 0. The van der Waals surface area contributed by atoms with Crippen LogP contribution in [0.1, 0.15) is 33.1 Å². The van der Waals surface area contributed by atoms with Crippen LogP contribution in [0.5, 0.6) is 0 Å². The van der Waals surface area contributed by atoms with Gasteiger partial charge in [0.1, 0.15) is 0 Å². The number of nitrogens with zero attached hydrogens (tertiary/aromatic N) is 2. The van der Waals surface area contributed by atoms with E-state index in [4.69, 9.17) is 4.99 Å². The summed E-state index contributed by atoms with van der Waals surface area (Å²) in [5.74, 6) is 2.95. The van der Waals surface area contributed by atoms with Gasteiger partial charge < -0.3 is 15.5 Å². The third-order valence-corrected chi connectivity index (χ3v) is 6.70. The molecular formula is C20H33IN4S. The fraction of sp³-hybridized carbons (Fsp3) is 0.650. The van der Waals surface area contributed by atoms with E-state index in [1.807, 2.05) is 0 Å². The van der Waals surface area contributed by atoms with Crippen molar-refractivity contribution in [3.8, 4) is 0 Å². The van der Waals surface area contributed by atoms with E-state index < -0.39 is 0 Å². The second-order valence-corrected chi connectivity index (χ2v) is 9.10. The molecule has 2 aliphatic heterocycles. The fourth-order valence-electron chi connectivity index (χ4n) is 3.66. The van der Waals surface area contributed by atoms with Crippen molar-refractivity contribution in [2.45, 2.75) is 37.9 Å². The van der Waals surface area contributed by atoms with Gasteiger partial charge in [-0.25, -0.2) is 0 Å². The van der Waals surface area contributed by atoms with Gasteiger partial charge in [-0.2, -0.15) is 11.8 Å². The maximum atomic E-state index is 4.87. The lowest BCUT2D eigenvalue weighted by molar-refractivity contribution is 0.562. The van der Waals surface area contributed by atoms with Crippen LogP contribution >= 0.6 is 35.7 Å². The summed E-state index contributed by atoms with van der Waals surface area (Å²) >= 11 is 2.08. The smallest absolute Gasteiger partial charge is 0.191 e. The number of thioether (sulfide) groups is 1. The molecule has 6 heteroatoms. The topological polar surface area (TPSA) is 39.7 Å². The second-order valence-electron chi connectivity index (χ2n) is 7.41. The summed E-state index contributed by atoms with van der Waals surface area (Å²) in [6, 6.07) is 10.8. The first-order valence-corrected chi connectivity index (χ1v) is 10.6. The van der Waals surface area contributed by atoms with Gasteiger partial charge in [-0.3, -0.25) is 4.99 Å². The summed E-state index contributed by atoms with van der Waals surface area (Å²) in [6.07, 6.45) is 3.86. The molecule has 3 rings (SSSR count). The molecule has 146 valence electrons. The molecular weight excluding hydrogens is 455 g/mol. The number of halogens is 1. The fourth-order valence-corrected chi connectivity index (χ4v) is 4.89. The normalized spacial score (nSPS) is 25.8. The van der Waals surface area contributed by atoms with Crippen molar-refractivity contribution in [1.82, 2.24) is 10.6 Å². The molecule has 1 aromatic rings. The Bertz CT molecular complexity index is 560. The highest BCUT2D eigenvalue weighted by Crippen LogP contribution is 2.37. The molecule has 26 heavy (non-hydrogen) atoms. The number of nitrogens with one attached hydrogen (secondary N) is 2. The highest BCUT2D eigenvalue weighted by molar-refractivity contribution is 14.0. The van der Waals surface area contributed by atoms with Crippen molar-refractivity contribution in [3.63, 3.8) is 0 Å². The van der Waals surface area contributed by atoms with Crippen molar-refractivity contribution in [2.24, 2.45) is 10.9 Å². The summed E-state index contributed by atoms with van der Waals surface area (Å²) in [5, 5.41) is 6.99. The Labute approximate surface area is 180 Å². The third kappa shape index (κ3) is 6.22. The maximum Gasteiger partial charge on any atom is 0.191 e. The van der Waals surface area contributed by atoms with E-state index in [2.05, 4.69) is 71.5 Å². The number of aliphatic imine (C=N–C) groups is 1. The Kier molecular flexibility index (Phi) is 8.87. The number of rotatable bonds is 6. The van der Waals surface area contributed by atoms with Gasteiger partial charge in [0.25, 0.3) is 0 Å². The lowest BCUT2D eigenvalue weighted by Crippen LogP contribution is -2.41. The van der Waals surface area contributed by atoms with E-state index in [1.54, 1.807) is 0 Å². The van der Waals surface area contributed by atoms with E-state index >= 15 is 0 Å². The number of hydrogen-bond donors (Lipinski definition) is 2. The number of para-hydroxylation sites is 1. The molecule has 0 aliphatic carbocycles. The summed E-state index contributed by atoms with van der Waals surface area (Å²) < 4.78 is 0.333. The lowest BCUT2D eigenvalue weighted by Gasteiger charge is -2.22. The predicted molar refractivity (Wildman–Crippen MR) is 126 cm³/mol. The van der Waals surface area contributed by atoms with Gasteiger partial charge in [0, 0.05) is 36.6 Å². The molecule has 0 radical (unpaired) electrons. The Balaban J connectivity index is 0.00000243. The molecule has 2 N–H and O–H groups in total. The van der Waals surface area contributed by atoms with E-state index in [-0.39, 0.29) is 24.0 Å². The first kappa shape index (κ1) is 21.7. The quantitative estimate of drug-likeness (QED) is 0.361. The number of benzene rings is 1. The average molecular weight is 488 g/mol. The molecule has 0 spiro atoms. The highest BCUT2D eigenvalue weighted by Gasteiger charge is 2.29. The van der Waals surface area contributed by atoms with Crippen molar-refractivity contribution in [1.29, 1.82) is 0 Å². The van der Waals surface area contributed by atoms with Crippen LogP contribution in [0.2, 0.25) is 0 Å². The van der Waals surface area contributed by atoms with Crippen LogP contribution in [0.25, 0.3) is 0 Å². The van der Waals surface area contributed by atoms with Crippen LogP contribution in [0, 0.1) is 5.92 Å². The van der Waals surface area contributed by atoms with Gasteiger partial charge in [-0.1, -0.05) is 18.2 Å². The van der Waals surface area contributed by atoms with E-state index in [9.17, 15) is 0 Å². The van der Waals surface area contributed by atoms with Crippen molar-refractivity contribution >= 4 is 47.4 Å². The van der Waals surface area contributed by atoms with Gasteiger partial charge in [-0.15, -0.1) is 24.0 Å². The summed E-state index contributed by atoms with van der Waals surface area (Å²) in [6.45, 7) is 9.59. The molecule has 0 bridgehead atoms. The molecule has 4 nitrogen and oxygen atoms in total. The van der Waals surface area contributed by atoms with E-state index in [1.165, 1.54) is 30.7 Å². The van der Waals surface area contributed by atoms with Crippen molar-refractivity contribution < 1.29 is 0 Å². The van der Waals surface area contributed by atoms with Gasteiger partial charge in [0.2, 0.25) is 0 Å². The minimum atomic E-state index is 0. The van der Waals surface area contributed by atoms with Crippen LogP contribution in [-0.2, 0) is 0 Å². The van der Waals surface area contributed by atoms with Crippen LogP contribution in [-0.4, -0.2) is 49.2 Å². The number of hydrogen-bond acceptors (Lipinski definition) is 3. The Hall–Kier alpha value is -0.630. The van der Waals surface area contributed by atoms with Gasteiger partial charge in [0.15, 0.2) is 5.96 Å². The van der Waals surface area contributed by atoms with E-state index in [0.717, 1.165) is 38.7 Å². The van der Waals surface area contributed by atoms with Crippen molar-refractivity contribution in [2.75, 3.05) is 43.4 Å². The molecule has 0 aromatic heterocycles. The molecule has 2 unspecified atom stereocenters. The summed E-state index contributed by atoms with van der Waals surface area (Å²) in [4.78, 5) is 7.36. The zero-order valence-electron chi connectivity index (χ0n) is 16.0. The standard InChI is InChI=1S/C20H32N4S.HI/c1-3-21-19(23-16-20(2)11-7-13-25-20)22-14-17-10-12-24(15-17)18-8-5-4-6-9-18;/h4-6,8-9,17H,3,7,10-16H2,1-2H3,(H2,21,22,23);1H. The van der Waals surface area contributed by atoms with Crippen LogP contribution in [0.3, 0.4) is 0 Å². The molecule has 2 saturated heterocycles. The average Bonchev–Trinajstić information content (AvgIpc) is 3.28. The van der Waals surface area contributed by atoms with Crippen LogP contribution in [0.15, 0.2) is 35.3 Å². The largest absolute Gasteiger partial charge is 0.371 e. The Morgan fingerprint density at radius 1 is 1.31 bits per heavy atom. The van der Waals surface area contributed by atoms with Crippen molar-refractivity contribution in [3.05, 3.63) is 30.3 Å². The van der Waals surface area contributed by atoms with Crippen LogP contribution in [0.4, 0.5) is 5.69 Å². The summed E-state index contributed by atoms with van der Waals surface area (Å²) in [5.41, 5.74) is 1.34. The Morgan fingerprint density at radius 2 is 2.12 bits per heavy atom. The summed E-state index contributed by atoms with van der Waals surface area (Å²) in [7, 11) is 0. The maximum absolute atomic E-state index is 4.87. The van der Waals surface area contributed by atoms with E-state index in [0.29, 0.717) is 10.7 Å². The third-order valence-electron chi connectivity index (χ3n) is 5.18. The monoisotopic (exact) mass is 488 g/mol. The van der Waals surface area contributed by atoms with Gasteiger partial charge in [0.05, 0.1) is 6.54 Å². The van der Waals surface area contributed by atoms with Crippen LogP contribution < -0.4 is 15.5 Å². The molecule has 0 saturated carbocycles. The number of guanidine groups is 1. The molecule has 1 aromatic carbocycles. The van der Waals surface area contributed by atoms with Gasteiger partial charge in [-0.05, 0) is 56.9 Å². The second kappa shape index (κ2) is 10.6. The minimum Gasteiger partial charge on any atom is -0.371 e. The van der Waals surface area contributed by atoms with Gasteiger partial charge >= 0.3 is 0 Å². The molecule has 2 atom stereocenters. The molecule has 2 heterocycles. The molecule has 2 fully saturated rings. The first-order valence-electron chi connectivity index (χ1n) is 9.65. The highest BCUT2D eigenvalue weighted by atomic mass is 127. The zero-order chi connectivity index (χ0) is 17.5. The SMILES string of the molecule is CCNC(=NCC1(C)CCCS1)NCC1CCN(c2ccccc2)C1.I. The number of anilines is 1. The first-order chi connectivity index (χ1) is 12.2. The molecule has 0 amide bonds. The Morgan fingerprint density at radius 3 is 2.81 bits per heavy atom. The molecule has 2 aliphatic rings. The zero-order valence-corrected chi connectivity index (χ0v) is 19.2. The predicted octanol–water partition coefficient (Wildman–Crippen LogP) is 3.97. The lowest BCUT2D eigenvalue weighted by atomic mass is 10.1.